The quantitative estimate of drug-likeness (QED) is 0.618. The topological polar surface area (TPSA) is 120 Å². The highest BCUT2D eigenvalue weighted by atomic mass is 32.2. The van der Waals surface area contributed by atoms with Gasteiger partial charge in [-0.25, -0.2) is 9.93 Å². The molecule has 0 aliphatic heterocycles. The van der Waals surface area contributed by atoms with E-state index < -0.39 is 16.0 Å². The van der Waals surface area contributed by atoms with Crippen LogP contribution in [-0.4, -0.2) is 26.0 Å². The molecule has 0 fully saturated rings. The van der Waals surface area contributed by atoms with Crippen molar-refractivity contribution in [1.29, 1.82) is 0 Å². The zero-order valence-corrected chi connectivity index (χ0v) is 14.7. The Kier molecular flexibility index (Phi) is 6.00. The number of hydrogen-bond donors (Lipinski definition) is 3. The maximum absolute atomic E-state index is 12.1. The number of benzene rings is 2. The number of hydrogen-bond acceptors (Lipinski definition) is 5. The first-order valence-corrected chi connectivity index (χ1v) is 9.44. The number of carboxylic acids is 1. The number of ether oxygens (including phenoxy) is 1. The van der Waals surface area contributed by atoms with Crippen molar-refractivity contribution < 1.29 is 28.2 Å². The number of rotatable bonds is 8. The lowest BCUT2D eigenvalue weighted by Gasteiger charge is -2.16. The summed E-state index contributed by atoms with van der Waals surface area (Å²) in [5, 5.41) is 15.5. The fourth-order valence-corrected chi connectivity index (χ4v) is 2.94. The fraction of sp³-hybridized carbons (Fsp3) is 0.235. The highest BCUT2D eigenvalue weighted by molar-refractivity contribution is 7.84. The van der Waals surface area contributed by atoms with Crippen LogP contribution in [0.15, 0.2) is 47.4 Å². The van der Waals surface area contributed by atoms with E-state index in [2.05, 4.69) is 10.5 Å². The molecule has 0 spiro atoms. The van der Waals surface area contributed by atoms with E-state index in [1.165, 1.54) is 6.07 Å². The molecular formula is C17H21N2O5S+. The molecule has 25 heavy (non-hydrogen) atoms. The Morgan fingerprint density at radius 1 is 1.24 bits per heavy atom. The summed E-state index contributed by atoms with van der Waals surface area (Å²) < 4.78 is 29.9. The maximum atomic E-state index is 12.1. The van der Waals surface area contributed by atoms with Crippen LogP contribution in [0.4, 0.5) is 5.69 Å². The third kappa shape index (κ3) is 4.94. The number of carboxylic acid groups (broad SMARTS) is 1. The number of aromatic carboxylic acids is 1. The van der Waals surface area contributed by atoms with E-state index in [1.807, 2.05) is 6.92 Å². The van der Waals surface area contributed by atoms with Crippen molar-refractivity contribution in [1.82, 2.24) is 0 Å². The van der Waals surface area contributed by atoms with Gasteiger partial charge in [0.05, 0.1) is 11.3 Å². The average Bonchev–Trinajstić information content (AvgIpc) is 2.56. The molecule has 2 aromatic rings. The van der Waals surface area contributed by atoms with Gasteiger partial charge < -0.3 is 15.2 Å². The summed E-state index contributed by atoms with van der Waals surface area (Å²) in [5.41, 5.74) is 0.154. The van der Waals surface area contributed by atoms with E-state index in [1.54, 1.807) is 30.3 Å². The normalized spacial score (nSPS) is 11.1. The molecule has 0 bridgehead atoms. The van der Waals surface area contributed by atoms with Crippen molar-refractivity contribution >= 4 is 21.7 Å². The molecule has 0 aliphatic carbocycles. The van der Waals surface area contributed by atoms with Crippen LogP contribution in [0, 0.1) is 0 Å². The van der Waals surface area contributed by atoms with Gasteiger partial charge in [-0.15, -0.1) is 0 Å². The zero-order valence-electron chi connectivity index (χ0n) is 13.9. The third-order valence-electron chi connectivity index (χ3n) is 3.45. The average molecular weight is 365 g/mol. The highest BCUT2D eigenvalue weighted by Crippen LogP contribution is 2.36. The minimum absolute atomic E-state index is 0.0438. The van der Waals surface area contributed by atoms with Crippen molar-refractivity contribution in [2.45, 2.75) is 24.7 Å². The van der Waals surface area contributed by atoms with Crippen LogP contribution in [0.3, 0.4) is 0 Å². The summed E-state index contributed by atoms with van der Waals surface area (Å²) in [7, 11) is -3.94. The predicted molar refractivity (Wildman–Crippen MR) is 93.4 cm³/mol. The van der Waals surface area contributed by atoms with E-state index in [4.69, 9.17) is 4.74 Å². The fourth-order valence-electron chi connectivity index (χ4n) is 2.20. The van der Waals surface area contributed by atoms with Crippen LogP contribution < -0.4 is 15.2 Å². The Balaban J connectivity index is 2.59. The smallest absolute Gasteiger partial charge is 0.335 e. The van der Waals surface area contributed by atoms with Crippen LogP contribution in [0.5, 0.6) is 11.5 Å². The van der Waals surface area contributed by atoms with E-state index in [9.17, 15) is 18.3 Å². The predicted octanol–water partition coefficient (Wildman–Crippen LogP) is 2.32. The van der Waals surface area contributed by atoms with Gasteiger partial charge in [0.1, 0.15) is 5.75 Å². The number of nitrogens with one attached hydrogen (secondary N) is 1. The lowest BCUT2D eigenvalue weighted by Crippen LogP contribution is -2.56. The summed E-state index contributed by atoms with van der Waals surface area (Å²) >= 11 is 0. The van der Waals surface area contributed by atoms with Gasteiger partial charge in [0.2, 0.25) is 0 Å². The number of anilines is 1. The number of para-hydroxylation sites is 1. The molecule has 0 amide bonds. The Morgan fingerprint density at radius 3 is 2.48 bits per heavy atom. The second kappa shape index (κ2) is 8.00. The van der Waals surface area contributed by atoms with Gasteiger partial charge in [-0.05, 0) is 30.7 Å². The first-order valence-electron chi connectivity index (χ1n) is 7.79. The second-order valence-corrected chi connectivity index (χ2v) is 7.14. The molecule has 0 aromatic heterocycles. The molecule has 7 nitrogen and oxygen atoms in total. The van der Waals surface area contributed by atoms with Gasteiger partial charge in [0.25, 0.3) is 0 Å². The summed E-state index contributed by atoms with van der Waals surface area (Å²) in [6.45, 7) is 2.57. The van der Waals surface area contributed by atoms with E-state index in [0.717, 1.165) is 18.9 Å². The van der Waals surface area contributed by atoms with Crippen LogP contribution in [-0.2, 0) is 10.0 Å². The Labute approximate surface area is 146 Å². The molecule has 0 saturated carbocycles. The first kappa shape index (κ1) is 18.8. The molecule has 0 radical (unpaired) electrons. The lowest BCUT2D eigenvalue weighted by atomic mass is 10.1. The summed E-state index contributed by atoms with van der Waals surface area (Å²) in [6, 6.07) is 11.1. The van der Waals surface area contributed by atoms with E-state index >= 15 is 0 Å². The second-order valence-electron chi connectivity index (χ2n) is 5.47. The van der Waals surface area contributed by atoms with Gasteiger partial charge in [-0.2, -0.15) is 8.42 Å². The molecule has 2 aromatic carbocycles. The first-order chi connectivity index (χ1) is 11.8. The van der Waals surface area contributed by atoms with Gasteiger partial charge in [-0.1, -0.05) is 31.5 Å². The number of quaternary nitrogens is 1. The molecule has 0 atom stereocenters. The monoisotopic (exact) mass is 365 g/mol. The lowest BCUT2D eigenvalue weighted by molar-refractivity contribution is -0.165. The highest BCUT2D eigenvalue weighted by Gasteiger charge is 2.25. The molecule has 0 heterocycles. The van der Waals surface area contributed by atoms with Gasteiger partial charge in [0, 0.05) is 6.54 Å². The van der Waals surface area contributed by atoms with Gasteiger partial charge >= 0.3 is 16.0 Å². The third-order valence-corrected chi connectivity index (χ3v) is 4.42. The van der Waals surface area contributed by atoms with Crippen molar-refractivity contribution in [3.05, 3.63) is 48.0 Å². The summed E-state index contributed by atoms with van der Waals surface area (Å²) in [5.74, 6) is -0.744. The molecule has 8 heteroatoms. The van der Waals surface area contributed by atoms with Crippen molar-refractivity contribution in [2.24, 2.45) is 0 Å². The SMILES string of the molecule is CCCCNc1cc(C(=O)O)cc(S([NH3+])(=O)=O)c1Oc1ccccc1. The maximum Gasteiger partial charge on any atom is 0.335 e. The Morgan fingerprint density at radius 2 is 1.92 bits per heavy atom. The number of unbranched alkanes of at least 4 members (excludes halogenated alkanes) is 1. The van der Waals surface area contributed by atoms with Gasteiger partial charge in [-0.3, -0.25) is 0 Å². The number of sulfonamides is 1. The van der Waals surface area contributed by atoms with Crippen LogP contribution in [0.2, 0.25) is 0 Å². The molecule has 2 rings (SSSR count). The zero-order chi connectivity index (χ0) is 18.4. The molecule has 0 saturated heterocycles. The molecular weight excluding hydrogens is 344 g/mol. The van der Waals surface area contributed by atoms with Crippen LogP contribution in [0.1, 0.15) is 30.1 Å². The van der Waals surface area contributed by atoms with Gasteiger partial charge in [0.15, 0.2) is 10.6 Å². The van der Waals surface area contributed by atoms with Crippen LogP contribution >= 0.6 is 0 Å². The van der Waals surface area contributed by atoms with E-state index in [0.29, 0.717) is 18.0 Å². The van der Waals surface area contributed by atoms with Crippen molar-refractivity contribution in [2.75, 3.05) is 11.9 Å². The summed E-state index contributed by atoms with van der Waals surface area (Å²) in [4.78, 5) is 11.1. The Bertz CT molecular complexity index is 851. The molecule has 134 valence electrons. The summed E-state index contributed by atoms with van der Waals surface area (Å²) in [6.07, 6.45) is 1.77. The minimum atomic E-state index is -3.94. The number of carbonyl (C=O) groups is 1. The Hall–Kier alpha value is -2.58. The van der Waals surface area contributed by atoms with Crippen LogP contribution in [0.25, 0.3) is 0 Å². The largest absolute Gasteiger partial charge is 0.478 e. The van der Waals surface area contributed by atoms with Crippen molar-refractivity contribution in [3.8, 4) is 11.5 Å². The van der Waals surface area contributed by atoms with Crippen molar-refractivity contribution in [3.63, 3.8) is 0 Å². The molecule has 5 N–H and O–H groups in total. The molecule has 0 unspecified atom stereocenters. The minimum Gasteiger partial charge on any atom is -0.478 e. The molecule has 0 aliphatic rings. The van der Waals surface area contributed by atoms with E-state index in [-0.39, 0.29) is 16.2 Å². The standard InChI is InChI=1S/C17H20N2O5S/c1-2-3-9-19-14-10-12(17(20)21)11-15(25(18,22)23)16(14)24-13-7-5-4-6-8-13/h4-8,10-11,19H,2-3,9H2,1H3,(H,20,21)(H2,18,22,23)/p+1.